The average Bonchev–Trinajstić information content (AvgIpc) is 2.34. The molecule has 0 atom stereocenters. The number of nitrogens with one attached hydrogen (secondary N) is 1. The Morgan fingerprint density at radius 3 is 2.62 bits per heavy atom. The predicted molar refractivity (Wildman–Crippen MR) is 62.1 cm³/mol. The zero-order valence-electron chi connectivity index (χ0n) is 9.44. The molecule has 1 aromatic carbocycles. The van der Waals surface area contributed by atoms with E-state index in [-0.39, 0.29) is 0 Å². The summed E-state index contributed by atoms with van der Waals surface area (Å²) in [5.74, 6) is 1.26. The van der Waals surface area contributed by atoms with Gasteiger partial charge in [-0.1, -0.05) is 12.1 Å². The Morgan fingerprint density at radius 2 is 2.00 bits per heavy atom. The number of phenols is 1. The van der Waals surface area contributed by atoms with Gasteiger partial charge in [0.05, 0.1) is 20.3 Å². The maximum atomic E-state index is 9.82. The number of para-hydroxylation sites is 1. The Balaban J connectivity index is 2.38. The van der Waals surface area contributed by atoms with Crippen LogP contribution < -0.4 is 5.32 Å². The molecule has 1 aromatic rings. The van der Waals surface area contributed by atoms with Crippen LogP contribution in [0.25, 0.3) is 0 Å². The normalized spacial score (nSPS) is 15.9. The minimum atomic E-state index is 0.304. The summed E-state index contributed by atoms with van der Waals surface area (Å²) in [5.41, 5.74) is 0.840. The summed E-state index contributed by atoms with van der Waals surface area (Å²) in [6.45, 7) is 3.17. The zero-order chi connectivity index (χ0) is 11.4. The number of aromatic hydroxyl groups is 1. The number of rotatable bonds is 1. The molecule has 0 saturated carbocycles. The van der Waals surface area contributed by atoms with E-state index in [9.17, 15) is 5.11 Å². The van der Waals surface area contributed by atoms with Gasteiger partial charge in [0, 0.05) is 0 Å². The molecular formula is C12H17N2O2+. The SMILES string of the molecule is CNC(c1ccccc1O)=[N+]1CCOCC1. The molecule has 0 spiro atoms. The number of nitrogens with zero attached hydrogens (tertiary/aromatic N) is 1. The third-order valence-corrected chi connectivity index (χ3v) is 2.72. The van der Waals surface area contributed by atoms with Crippen molar-refractivity contribution in [3.8, 4) is 5.75 Å². The van der Waals surface area contributed by atoms with Crippen molar-refractivity contribution in [2.45, 2.75) is 0 Å². The molecule has 0 aromatic heterocycles. The molecule has 2 N–H and O–H groups in total. The molecule has 1 heterocycles. The highest BCUT2D eigenvalue weighted by Crippen LogP contribution is 2.15. The second kappa shape index (κ2) is 4.99. The van der Waals surface area contributed by atoms with Gasteiger partial charge in [0.15, 0.2) is 0 Å². The summed E-state index contributed by atoms with van der Waals surface area (Å²) in [4.78, 5) is 0. The molecule has 4 nitrogen and oxygen atoms in total. The first-order chi connectivity index (χ1) is 7.83. The van der Waals surface area contributed by atoms with Crippen LogP contribution in [-0.4, -0.2) is 48.9 Å². The molecule has 4 heteroatoms. The van der Waals surface area contributed by atoms with Gasteiger partial charge in [-0.25, -0.2) is 0 Å². The Bertz CT molecular complexity index is 394. The van der Waals surface area contributed by atoms with Crippen molar-refractivity contribution in [2.75, 3.05) is 33.4 Å². The molecule has 2 rings (SSSR count). The molecule has 1 aliphatic heterocycles. The Morgan fingerprint density at radius 1 is 1.31 bits per heavy atom. The first-order valence-corrected chi connectivity index (χ1v) is 5.48. The van der Waals surface area contributed by atoms with E-state index in [4.69, 9.17) is 4.74 Å². The largest absolute Gasteiger partial charge is 0.507 e. The second-order valence-electron chi connectivity index (χ2n) is 3.72. The Kier molecular flexibility index (Phi) is 3.41. The molecule has 1 fully saturated rings. The first kappa shape index (κ1) is 11.0. The highest BCUT2D eigenvalue weighted by Gasteiger charge is 2.19. The van der Waals surface area contributed by atoms with Crippen LogP contribution >= 0.6 is 0 Å². The molecule has 0 radical (unpaired) electrons. The van der Waals surface area contributed by atoms with Gasteiger partial charge < -0.3 is 9.84 Å². The van der Waals surface area contributed by atoms with Crippen molar-refractivity contribution in [3.05, 3.63) is 29.8 Å². The van der Waals surface area contributed by atoms with Crippen molar-refractivity contribution < 1.29 is 14.4 Å². The van der Waals surface area contributed by atoms with Gasteiger partial charge in [0.25, 0.3) is 5.84 Å². The van der Waals surface area contributed by atoms with Crippen LogP contribution in [0.5, 0.6) is 5.75 Å². The van der Waals surface area contributed by atoms with Gasteiger partial charge in [-0.3, -0.25) is 9.89 Å². The monoisotopic (exact) mass is 221 g/mol. The van der Waals surface area contributed by atoms with E-state index in [1.165, 1.54) is 0 Å². The fraction of sp³-hybridized carbons (Fsp3) is 0.417. The predicted octanol–water partition coefficient (Wildman–Crippen LogP) is 0.401. The maximum absolute atomic E-state index is 9.82. The van der Waals surface area contributed by atoms with E-state index in [1.807, 2.05) is 25.2 Å². The molecule has 0 amide bonds. The summed E-state index contributed by atoms with van der Waals surface area (Å²) >= 11 is 0. The molecule has 16 heavy (non-hydrogen) atoms. The molecule has 1 saturated heterocycles. The van der Waals surface area contributed by atoms with E-state index in [0.29, 0.717) is 5.75 Å². The van der Waals surface area contributed by atoms with Gasteiger partial charge in [-0.15, -0.1) is 0 Å². The fourth-order valence-electron chi connectivity index (χ4n) is 1.92. The van der Waals surface area contributed by atoms with Crippen molar-refractivity contribution in [2.24, 2.45) is 0 Å². The standard InChI is InChI=1S/C12H16N2O2/c1-13-12(14-6-8-16-9-7-14)10-4-2-3-5-11(10)15/h2-5H,6-9H2,1H3,(H,13,15)/p+1. The minimum Gasteiger partial charge on any atom is -0.507 e. The van der Waals surface area contributed by atoms with Crippen LogP contribution in [0, 0.1) is 0 Å². The van der Waals surface area contributed by atoms with Crippen LogP contribution in [-0.2, 0) is 4.74 Å². The Hall–Kier alpha value is -1.55. The molecule has 0 aliphatic carbocycles. The van der Waals surface area contributed by atoms with Crippen molar-refractivity contribution >= 4 is 5.84 Å². The van der Waals surface area contributed by atoms with Crippen molar-refractivity contribution in [3.63, 3.8) is 0 Å². The van der Waals surface area contributed by atoms with Gasteiger partial charge >= 0.3 is 0 Å². The number of hydrogen-bond donors (Lipinski definition) is 2. The number of morpholine rings is 1. The van der Waals surface area contributed by atoms with Crippen LogP contribution in [0.2, 0.25) is 0 Å². The maximum Gasteiger partial charge on any atom is 0.280 e. The van der Waals surface area contributed by atoms with Gasteiger partial charge in [0.2, 0.25) is 0 Å². The summed E-state index contributed by atoms with van der Waals surface area (Å²) in [7, 11) is 1.87. The van der Waals surface area contributed by atoms with E-state index >= 15 is 0 Å². The summed E-state index contributed by atoms with van der Waals surface area (Å²) in [5, 5.41) is 13.0. The second-order valence-corrected chi connectivity index (χ2v) is 3.72. The summed E-state index contributed by atoms with van der Waals surface area (Å²) in [6, 6.07) is 7.36. The lowest BCUT2D eigenvalue weighted by molar-refractivity contribution is -0.550. The number of hydrogen-bond acceptors (Lipinski definition) is 2. The van der Waals surface area contributed by atoms with Gasteiger partial charge in [-0.05, 0) is 12.1 Å². The molecule has 86 valence electrons. The molecular weight excluding hydrogens is 204 g/mol. The molecule has 0 bridgehead atoms. The smallest absolute Gasteiger partial charge is 0.280 e. The third-order valence-electron chi connectivity index (χ3n) is 2.72. The first-order valence-electron chi connectivity index (χ1n) is 5.48. The van der Waals surface area contributed by atoms with E-state index < -0.39 is 0 Å². The zero-order valence-corrected chi connectivity index (χ0v) is 9.44. The fourth-order valence-corrected chi connectivity index (χ4v) is 1.92. The van der Waals surface area contributed by atoms with E-state index in [1.54, 1.807) is 6.07 Å². The molecule has 0 unspecified atom stereocenters. The summed E-state index contributed by atoms with van der Waals surface area (Å²) in [6.07, 6.45) is 0. The van der Waals surface area contributed by atoms with Gasteiger partial charge in [-0.2, -0.15) is 0 Å². The minimum absolute atomic E-state index is 0.304. The van der Waals surface area contributed by atoms with Gasteiger partial charge in [0.1, 0.15) is 24.4 Å². The van der Waals surface area contributed by atoms with Crippen molar-refractivity contribution in [1.29, 1.82) is 0 Å². The van der Waals surface area contributed by atoms with E-state index in [0.717, 1.165) is 37.7 Å². The average molecular weight is 221 g/mol. The van der Waals surface area contributed by atoms with Crippen LogP contribution in [0.1, 0.15) is 5.56 Å². The lowest BCUT2D eigenvalue weighted by atomic mass is 10.1. The number of phenolic OH excluding ortho intramolecular Hbond substituents is 1. The highest BCUT2D eigenvalue weighted by molar-refractivity contribution is 5.97. The number of benzene rings is 1. The van der Waals surface area contributed by atoms with Crippen LogP contribution in [0.3, 0.4) is 0 Å². The third kappa shape index (κ3) is 2.17. The van der Waals surface area contributed by atoms with E-state index in [2.05, 4.69) is 9.89 Å². The topological polar surface area (TPSA) is 44.5 Å². The number of ether oxygens (including phenoxy) is 1. The number of amidine groups is 1. The highest BCUT2D eigenvalue weighted by atomic mass is 16.5. The van der Waals surface area contributed by atoms with Crippen LogP contribution in [0.15, 0.2) is 24.3 Å². The molecule has 1 aliphatic rings. The summed E-state index contributed by atoms with van der Waals surface area (Å²) < 4.78 is 7.51. The van der Waals surface area contributed by atoms with Crippen molar-refractivity contribution in [1.82, 2.24) is 5.32 Å². The lowest BCUT2D eigenvalue weighted by Gasteiger charge is -2.17. The quantitative estimate of drug-likeness (QED) is 0.533. The Labute approximate surface area is 95.2 Å². The lowest BCUT2D eigenvalue weighted by Crippen LogP contribution is -2.39. The van der Waals surface area contributed by atoms with Crippen LogP contribution in [0.4, 0.5) is 0 Å².